The topological polar surface area (TPSA) is 74.6 Å². The van der Waals surface area contributed by atoms with Crippen LogP contribution in [0.3, 0.4) is 0 Å². The van der Waals surface area contributed by atoms with Crippen LogP contribution in [0.4, 0.5) is 0 Å². The van der Waals surface area contributed by atoms with Gasteiger partial charge in [-0.3, -0.25) is 9.36 Å². The van der Waals surface area contributed by atoms with Gasteiger partial charge >= 0.3 is 5.97 Å². The number of fused-ring (bicyclic) bond motifs is 1. The maximum Gasteiger partial charge on any atom is 0.314 e. The second-order valence-electron chi connectivity index (χ2n) is 6.95. The second kappa shape index (κ2) is 7.67. The minimum absolute atomic E-state index is 0.0313. The van der Waals surface area contributed by atoms with Crippen molar-refractivity contribution in [2.75, 3.05) is 6.16 Å². The van der Waals surface area contributed by atoms with E-state index in [1.54, 1.807) is 25.1 Å². The van der Waals surface area contributed by atoms with Crippen LogP contribution in [0, 0.1) is 0 Å². The van der Waals surface area contributed by atoms with E-state index >= 15 is 0 Å². The fourth-order valence-corrected chi connectivity index (χ4v) is 5.86. The predicted octanol–water partition coefficient (Wildman–Crippen LogP) is 5.04. The van der Waals surface area contributed by atoms with Crippen molar-refractivity contribution >= 4 is 24.1 Å². The highest BCUT2D eigenvalue weighted by Gasteiger charge is 2.44. The number of carboxylic acid groups (broad SMARTS) is 1. The Hall–Kier alpha value is -2.42. The van der Waals surface area contributed by atoms with Gasteiger partial charge in [-0.1, -0.05) is 73.7 Å². The molecule has 0 aliphatic carbocycles. The third kappa shape index (κ3) is 4.13. The van der Waals surface area contributed by atoms with E-state index in [1.807, 2.05) is 54.6 Å². The van der Waals surface area contributed by atoms with Crippen LogP contribution in [0.1, 0.15) is 24.5 Å². The summed E-state index contributed by atoms with van der Waals surface area (Å²) in [7, 11) is -3.71. The third-order valence-corrected chi connectivity index (χ3v) is 7.00. The summed E-state index contributed by atoms with van der Waals surface area (Å²) >= 11 is 0. The number of rotatable bonds is 7. The summed E-state index contributed by atoms with van der Waals surface area (Å²) in [6.07, 6.45) is -0.0878. The average Bonchev–Trinajstić information content (AvgIpc) is 2.66. The van der Waals surface area contributed by atoms with E-state index in [-0.39, 0.29) is 18.7 Å². The molecule has 0 aliphatic heterocycles. The van der Waals surface area contributed by atoms with E-state index in [0.717, 1.165) is 16.3 Å². The highest BCUT2D eigenvalue weighted by molar-refractivity contribution is 7.57. The van der Waals surface area contributed by atoms with Crippen molar-refractivity contribution in [3.8, 4) is 0 Å². The highest BCUT2D eigenvalue weighted by Crippen LogP contribution is 2.51. The van der Waals surface area contributed by atoms with E-state index < -0.39 is 18.8 Å². The molecule has 0 bridgehead atoms. The number of hydrogen-bond acceptors (Lipinski definition) is 2. The van der Waals surface area contributed by atoms with E-state index in [9.17, 15) is 19.4 Å². The molecule has 3 rings (SSSR count). The zero-order valence-corrected chi connectivity index (χ0v) is 16.1. The molecule has 2 N–H and O–H groups in total. The van der Waals surface area contributed by atoms with Gasteiger partial charge in [-0.25, -0.2) is 0 Å². The first-order valence-corrected chi connectivity index (χ1v) is 11.0. The Morgan fingerprint density at radius 2 is 1.59 bits per heavy atom. The summed E-state index contributed by atoms with van der Waals surface area (Å²) in [4.78, 5) is 22.9. The van der Waals surface area contributed by atoms with Crippen LogP contribution in [0.2, 0.25) is 0 Å². The van der Waals surface area contributed by atoms with Crippen molar-refractivity contribution in [2.45, 2.75) is 24.9 Å². The lowest BCUT2D eigenvalue weighted by atomic mass is 9.79. The average molecular weight is 382 g/mol. The van der Waals surface area contributed by atoms with Crippen LogP contribution >= 0.6 is 7.37 Å². The Bertz CT molecular complexity index is 999. The van der Waals surface area contributed by atoms with Crippen molar-refractivity contribution in [1.29, 1.82) is 0 Å². The first-order chi connectivity index (χ1) is 12.9. The third-order valence-electron chi connectivity index (χ3n) is 5.10. The van der Waals surface area contributed by atoms with Crippen molar-refractivity contribution in [3.63, 3.8) is 0 Å². The van der Waals surface area contributed by atoms with E-state index in [2.05, 4.69) is 0 Å². The Morgan fingerprint density at radius 1 is 0.963 bits per heavy atom. The molecule has 4 nitrogen and oxygen atoms in total. The fourth-order valence-electron chi connectivity index (χ4n) is 3.58. The summed E-state index contributed by atoms with van der Waals surface area (Å²) in [5, 5.41) is 12.0. The van der Waals surface area contributed by atoms with Gasteiger partial charge in [0.05, 0.1) is 0 Å². The predicted molar refractivity (Wildman–Crippen MR) is 108 cm³/mol. The molecule has 0 fully saturated rings. The van der Waals surface area contributed by atoms with E-state index in [4.69, 9.17) is 0 Å². The first-order valence-electron chi connectivity index (χ1n) is 8.94. The van der Waals surface area contributed by atoms with Gasteiger partial charge in [0, 0.05) is 12.3 Å². The highest BCUT2D eigenvalue weighted by atomic mass is 31.2. The molecule has 0 spiro atoms. The molecule has 140 valence electrons. The summed E-state index contributed by atoms with van der Waals surface area (Å²) in [5.41, 5.74) is -0.0981. The lowest BCUT2D eigenvalue weighted by Crippen LogP contribution is -2.39. The number of aliphatic carboxylic acids is 1. The fraction of sp³-hybridized carbons (Fsp3) is 0.227. The Morgan fingerprint density at radius 3 is 2.22 bits per heavy atom. The van der Waals surface area contributed by atoms with Crippen LogP contribution < -0.4 is 0 Å². The van der Waals surface area contributed by atoms with Crippen molar-refractivity contribution < 1.29 is 19.4 Å². The summed E-state index contributed by atoms with van der Waals surface area (Å²) < 4.78 is 13.0. The van der Waals surface area contributed by atoms with Crippen LogP contribution in [-0.2, 0) is 20.9 Å². The molecule has 0 heterocycles. The first kappa shape index (κ1) is 19.3. The van der Waals surface area contributed by atoms with Crippen molar-refractivity contribution in [2.24, 2.45) is 0 Å². The van der Waals surface area contributed by atoms with Gasteiger partial charge in [0.1, 0.15) is 5.41 Å². The SMILES string of the molecule is CCC(CP(=O)(O)Cc1ccccc1)(C(=O)O)c1ccc2ccccc2c1. The summed E-state index contributed by atoms with van der Waals surface area (Å²) in [6, 6.07) is 22.2. The smallest absolute Gasteiger partial charge is 0.314 e. The van der Waals surface area contributed by atoms with Crippen molar-refractivity contribution in [1.82, 2.24) is 0 Å². The molecule has 0 amide bonds. The van der Waals surface area contributed by atoms with Crippen LogP contribution in [0.15, 0.2) is 72.8 Å². The van der Waals surface area contributed by atoms with Gasteiger partial charge < -0.3 is 10.00 Å². The molecule has 0 saturated carbocycles. The standard InChI is InChI=1S/C22H23O4P/c1-2-22(21(23)24,16-27(25,26)15-17-8-4-3-5-9-17)20-13-12-18-10-6-7-11-19(18)14-20/h3-14H,2,15-16H2,1H3,(H,23,24)(H,25,26). The lowest BCUT2D eigenvalue weighted by molar-refractivity contribution is -0.143. The largest absolute Gasteiger partial charge is 0.481 e. The van der Waals surface area contributed by atoms with Crippen LogP contribution in [0.5, 0.6) is 0 Å². The zero-order valence-electron chi connectivity index (χ0n) is 15.2. The molecular weight excluding hydrogens is 359 g/mol. The number of carboxylic acids is 1. The molecule has 3 aromatic rings. The summed E-state index contributed by atoms with van der Waals surface area (Å²) in [6.45, 7) is 1.76. The van der Waals surface area contributed by atoms with Gasteiger partial charge in [-0.2, -0.15) is 0 Å². The van der Waals surface area contributed by atoms with Gasteiger partial charge in [0.15, 0.2) is 0 Å². The zero-order chi connectivity index (χ0) is 19.5. The quantitative estimate of drug-likeness (QED) is 0.561. The van der Waals surface area contributed by atoms with Gasteiger partial charge in [-0.05, 0) is 34.4 Å². The van der Waals surface area contributed by atoms with Gasteiger partial charge in [0.25, 0.3) is 0 Å². The Labute approximate surface area is 158 Å². The molecule has 0 aliphatic rings. The number of benzene rings is 3. The lowest BCUT2D eigenvalue weighted by Gasteiger charge is -2.31. The molecule has 0 aromatic heterocycles. The minimum Gasteiger partial charge on any atom is -0.481 e. The van der Waals surface area contributed by atoms with Gasteiger partial charge in [-0.15, -0.1) is 0 Å². The minimum atomic E-state index is -3.71. The van der Waals surface area contributed by atoms with Crippen LogP contribution in [-0.4, -0.2) is 22.1 Å². The Kier molecular flexibility index (Phi) is 5.50. The van der Waals surface area contributed by atoms with E-state index in [0.29, 0.717) is 5.56 Å². The molecular formula is C22H23O4P. The molecule has 2 unspecified atom stereocenters. The molecule has 0 saturated heterocycles. The molecule has 2 atom stereocenters. The molecule has 0 radical (unpaired) electrons. The van der Waals surface area contributed by atoms with Crippen LogP contribution in [0.25, 0.3) is 10.8 Å². The monoisotopic (exact) mass is 382 g/mol. The molecule has 5 heteroatoms. The maximum atomic E-state index is 13.0. The molecule has 27 heavy (non-hydrogen) atoms. The normalized spacial score (nSPS) is 15.8. The van der Waals surface area contributed by atoms with Crippen molar-refractivity contribution in [3.05, 3.63) is 83.9 Å². The number of carbonyl (C=O) groups is 1. The van der Waals surface area contributed by atoms with E-state index in [1.165, 1.54) is 0 Å². The second-order valence-corrected chi connectivity index (χ2v) is 9.28. The maximum absolute atomic E-state index is 13.0. The Balaban J connectivity index is 2.01. The van der Waals surface area contributed by atoms with Gasteiger partial charge in [0.2, 0.25) is 7.37 Å². The summed E-state index contributed by atoms with van der Waals surface area (Å²) in [5.74, 6) is -1.07. The molecule has 3 aromatic carbocycles. The number of hydrogen-bond donors (Lipinski definition) is 2.